The van der Waals surface area contributed by atoms with E-state index in [1.54, 1.807) is 0 Å². The summed E-state index contributed by atoms with van der Waals surface area (Å²) in [5, 5.41) is 0. The highest BCUT2D eigenvalue weighted by molar-refractivity contribution is 5.91. The van der Waals surface area contributed by atoms with E-state index in [1.165, 1.54) is 0 Å². The molecule has 0 spiro atoms. The second-order valence-corrected chi connectivity index (χ2v) is 9.37. The Hall–Kier alpha value is -2.94. The third-order valence-corrected chi connectivity index (χ3v) is 5.73. The van der Waals surface area contributed by atoms with Crippen LogP contribution in [-0.2, 0) is 70.2 Å². The minimum absolute atomic E-state index is 0.0361. The summed E-state index contributed by atoms with van der Waals surface area (Å²) in [4.78, 5) is 23.5. The smallest absolute Gasteiger partial charge is 0.317 e. The van der Waals surface area contributed by atoms with Gasteiger partial charge >= 0.3 is 11.9 Å². The molecule has 45 heavy (non-hydrogen) atoms. The van der Waals surface area contributed by atoms with Crippen LogP contribution >= 0.6 is 0 Å². The maximum absolute atomic E-state index is 11.7. The summed E-state index contributed by atoms with van der Waals surface area (Å²) in [6.07, 6.45) is -0.471. The van der Waals surface area contributed by atoms with Crippen molar-refractivity contribution in [3.63, 3.8) is 0 Å². The molecule has 2 aromatic rings. The summed E-state index contributed by atoms with van der Waals surface area (Å²) in [7, 11) is 0. The Morgan fingerprint density at radius 2 is 0.622 bits per heavy atom. The maximum atomic E-state index is 11.7. The Bertz CT molecular complexity index is 883. The van der Waals surface area contributed by atoms with E-state index in [-0.39, 0.29) is 26.4 Å². The Morgan fingerprint density at radius 3 is 0.933 bits per heavy atom. The molecule has 0 heterocycles. The van der Waals surface area contributed by atoms with Crippen LogP contribution in [0, 0.1) is 0 Å². The van der Waals surface area contributed by atoms with Gasteiger partial charge in [-0.25, -0.2) is 0 Å². The van der Waals surface area contributed by atoms with E-state index in [1.807, 2.05) is 60.7 Å². The highest BCUT2D eigenvalue weighted by Crippen LogP contribution is 2.01. The van der Waals surface area contributed by atoms with E-state index < -0.39 is 18.4 Å². The quantitative estimate of drug-likeness (QED) is 0.0711. The highest BCUT2D eigenvalue weighted by atomic mass is 16.6. The highest BCUT2D eigenvalue weighted by Gasteiger charge is 2.12. The van der Waals surface area contributed by atoms with Crippen LogP contribution in [0.1, 0.15) is 17.5 Å². The van der Waals surface area contributed by atoms with Crippen molar-refractivity contribution in [1.29, 1.82) is 0 Å². The molecule has 0 radical (unpaired) electrons. The van der Waals surface area contributed by atoms with Crippen LogP contribution < -0.4 is 0 Å². The lowest BCUT2D eigenvalue weighted by Gasteiger charge is -2.09. The van der Waals surface area contributed by atoms with Gasteiger partial charge in [-0.1, -0.05) is 60.7 Å². The number of rotatable bonds is 30. The molecule has 0 bridgehead atoms. The number of benzene rings is 2. The van der Waals surface area contributed by atoms with Crippen LogP contribution in [0.25, 0.3) is 0 Å². The van der Waals surface area contributed by atoms with Crippen LogP contribution in [-0.4, -0.2) is 118 Å². The lowest BCUT2D eigenvalue weighted by Crippen LogP contribution is -2.19. The zero-order chi connectivity index (χ0) is 31.9. The third kappa shape index (κ3) is 24.0. The van der Waals surface area contributed by atoms with Gasteiger partial charge in [-0.15, -0.1) is 0 Å². The van der Waals surface area contributed by atoms with E-state index in [9.17, 15) is 9.59 Å². The summed E-state index contributed by atoms with van der Waals surface area (Å²) < 4.78 is 53.4. The Balaban J connectivity index is 1.22. The molecule has 2 rings (SSSR count). The molecule has 0 atom stereocenters. The number of esters is 2. The van der Waals surface area contributed by atoms with Gasteiger partial charge in [0.2, 0.25) is 0 Å². The van der Waals surface area contributed by atoms with Crippen molar-refractivity contribution in [1.82, 2.24) is 0 Å². The second-order valence-electron chi connectivity index (χ2n) is 9.37. The van der Waals surface area contributed by atoms with E-state index in [0.29, 0.717) is 92.5 Å². The predicted molar refractivity (Wildman–Crippen MR) is 164 cm³/mol. The fourth-order valence-corrected chi connectivity index (χ4v) is 3.50. The van der Waals surface area contributed by atoms with Gasteiger partial charge in [0, 0.05) is 0 Å². The number of carbonyl (C=O) groups excluding carboxylic acids is 2. The van der Waals surface area contributed by atoms with Crippen molar-refractivity contribution >= 4 is 11.9 Å². The first-order chi connectivity index (χ1) is 22.2. The molecule has 0 N–H and O–H groups in total. The summed E-state index contributed by atoms with van der Waals surface area (Å²) in [6.45, 7) is 6.94. The minimum atomic E-state index is -0.677. The van der Waals surface area contributed by atoms with Gasteiger partial charge in [0.1, 0.15) is 19.6 Å². The molecule has 2 aromatic carbocycles. The maximum Gasteiger partial charge on any atom is 0.317 e. The van der Waals surface area contributed by atoms with E-state index >= 15 is 0 Å². The minimum Gasteiger partial charge on any atom is -0.463 e. The summed E-state index contributed by atoms with van der Waals surface area (Å²) in [6, 6.07) is 19.9. The zero-order valence-electron chi connectivity index (χ0n) is 26.1. The number of ether oxygens (including phenoxy) is 10. The predicted octanol–water partition coefficient (Wildman–Crippen LogP) is 3.00. The molecule has 0 aliphatic rings. The first-order valence-electron chi connectivity index (χ1n) is 15.2. The molecule has 252 valence electrons. The third-order valence-electron chi connectivity index (χ3n) is 5.73. The molecule has 0 unspecified atom stereocenters. The van der Waals surface area contributed by atoms with E-state index in [4.69, 9.17) is 47.4 Å². The van der Waals surface area contributed by atoms with Gasteiger partial charge in [0.25, 0.3) is 0 Å². The number of carbonyl (C=O) groups is 2. The molecule has 12 nitrogen and oxygen atoms in total. The first-order valence-corrected chi connectivity index (χ1v) is 15.2. The molecule has 0 aliphatic heterocycles. The fraction of sp³-hybridized carbons (Fsp3) is 0.576. The molecular weight excluding hydrogens is 588 g/mol. The molecule has 12 heteroatoms. The average molecular weight is 637 g/mol. The van der Waals surface area contributed by atoms with Crippen LogP contribution in [0.2, 0.25) is 0 Å². The summed E-state index contributed by atoms with van der Waals surface area (Å²) >= 11 is 0. The van der Waals surface area contributed by atoms with Crippen molar-refractivity contribution in [3.05, 3.63) is 71.8 Å². The molecular formula is C33H48O12. The fourth-order valence-electron chi connectivity index (χ4n) is 3.50. The van der Waals surface area contributed by atoms with E-state index in [2.05, 4.69) is 0 Å². The van der Waals surface area contributed by atoms with Crippen molar-refractivity contribution in [2.45, 2.75) is 19.6 Å². The number of hydrogen-bond acceptors (Lipinski definition) is 12. The Kier molecular flexibility index (Phi) is 24.2. The monoisotopic (exact) mass is 636 g/mol. The van der Waals surface area contributed by atoms with Gasteiger partial charge < -0.3 is 47.4 Å². The van der Waals surface area contributed by atoms with Gasteiger partial charge in [-0.2, -0.15) is 0 Å². The second kappa shape index (κ2) is 28.5. The summed E-state index contributed by atoms with van der Waals surface area (Å²) in [5.74, 6) is -1.35. The lowest BCUT2D eigenvalue weighted by atomic mass is 10.2. The van der Waals surface area contributed by atoms with Gasteiger partial charge in [-0.05, 0) is 11.1 Å². The van der Waals surface area contributed by atoms with Crippen LogP contribution in [0.5, 0.6) is 0 Å². The molecule has 0 saturated carbocycles. The topological polar surface area (TPSA) is 126 Å². The standard InChI is InChI=1S/C33H48O12/c34-32(44-25-23-40-17-15-36-11-13-38-19-21-42-28-30-7-3-1-4-8-30)27-33(35)45-26-24-41-18-16-37-12-14-39-20-22-43-29-31-9-5-2-6-10-31/h1-10H,11-29H2. The van der Waals surface area contributed by atoms with Crippen LogP contribution in [0.3, 0.4) is 0 Å². The molecule has 0 aliphatic carbocycles. The van der Waals surface area contributed by atoms with Crippen molar-refractivity contribution in [3.8, 4) is 0 Å². The van der Waals surface area contributed by atoms with Crippen molar-refractivity contribution in [2.24, 2.45) is 0 Å². The molecule has 0 fully saturated rings. The molecule has 0 saturated heterocycles. The Labute approximate surface area is 266 Å². The lowest BCUT2D eigenvalue weighted by molar-refractivity contribution is -0.156. The van der Waals surface area contributed by atoms with Crippen LogP contribution in [0.15, 0.2) is 60.7 Å². The SMILES string of the molecule is O=C(CC(=O)OCCOCCOCCOCCOCc1ccccc1)OCCOCCOCCOCCOCc1ccccc1. The van der Waals surface area contributed by atoms with Crippen molar-refractivity contribution < 1.29 is 57.0 Å². The Morgan fingerprint density at radius 1 is 0.356 bits per heavy atom. The van der Waals surface area contributed by atoms with Gasteiger partial charge in [0.15, 0.2) is 0 Å². The normalized spacial score (nSPS) is 11.0. The summed E-state index contributed by atoms with van der Waals surface area (Å²) in [5.41, 5.74) is 2.26. The average Bonchev–Trinajstić information content (AvgIpc) is 3.06. The van der Waals surface area contributed by atoms with Crippen molar-refractivity contribution in [2.75, 3.05) is 106 Å². The van der Waals surface area contributed by atoms with Gasteiger partial charge in [-0.3, -0.25) is 9.59 Å². The van der Waals surface area contributed by atoms with Crippen LogP contribution in [0.4, 0.5) is 0 Å². The first kappa shape index (κ1) is 38.2. The van der Waals surface area contributed by atoms with Gasteiger partial charge in [0.05, 0.1) is 106 Å². The molecule has 0 aromatic heterocycles. The van der Waals surface area contributed by atoms with E-state index in [0.717, 1.165) is 11.1 Å². The molecule has 0 amide bonds. The number of hydrogen-bond donors (Lipinski definition) is 0. The largest absolute Gasteiger partial charge is 0.463 e. The zero-order valence-corrected chi connectivity index (χ0v) is 26.1.